The van der Waals surface area contributed by atoms with Crippen LogP contribution in [0.3, 0.4) is 0 Å². The molecule has 0 atom stereocenters. The van der Waals surface area contributed by atoms with Gasteiger partial charge in [-0.3, -0.25) is 0 Å². The molecule has 2 nitrogen and oxygen atoms in total. The number of nitrogens with one attached hydrogen (secondary N) is 2. The van der Waals surface area contributed by atoms with E-state index in [1.54, 1.807) is 0 Å². The predicted octanol–water partition coefficient (Wildman–Crippen LogP) is 10.8. The van der Waals surface area contributed by atoms with Crippen molar-refractivity contribution in [1.29, 1.82) is 0 Å². The first-order valence-electron chi connectivity index (χ1n) is 14.0. The van der Waals surface area contributed by atoms with Crippen LogP contribution in [-0.4, -0.2) is 0 Å². The Bertz CT molecular complexity index is 1210. The molecule has 0 aliphatic carbocycles. The van der Waals surface area contributed by atoms with Crippen LogP contribution in [0, 0.1) is 19.3 Å². The van der Waals surface area contributed by atoms with Crippen molar-refractivity contribution in [2.24, 2.45) is 5.41 Å². The van der Waals surface area contributed by atoms with E-state index in [-0.39, 0.29) is 5.41 Å². The Morgan fingerprint density at radius 3 is 2.00 bits per heavy atom. The molecular weight excluding hydrogens is 472 g/mol. The highest BCUT2D eigenvalue weighted by Gasteiger charge is 2.15. The third-order valence-corrected chi connectivity index (χ3v) is 6.51. The lowest BCUT2D eigenvalue weighted by atomic mass is 9.84. The maximum absolute atomic E-state index is 4.24. The van der Waals surface area contributed by atoms with Crippen molar-refractivity contribution in [3.63, 3.8) is 0 Å². The Labute approximate surface area is 240 Å². The van der Waals surface area contributed by atoms with Crippen LogP contribution in [0.25, 0.3) is 6.08 Å². The summed E-state index contributed by atoms with van der Waals surface area (Å²) in [6.07, 6.45) is 7.64. The van der Waals surface area contributed by atoms with Crippen LogP contribution < -0.4 is 10.6 Å². The molecule has 2 aromatic rings. The van der Waals surface area contributed by atoms with Gasteiger partial charge in [0.05, 0.1) is 0 Å². The minimum Gasteiger partial charge on any atom is -0.360 e. The van der Waals surface area contributed by atoms with Gasteiger partial charge >= 0.3 is 0 Å². The average molecular weight is 525 g/mol. The Morgan fingerprint density at radius 2 is 1.51 bits per heavy atom. The maximum atomic E-state index is 4.24. The highest BCUT2D eigenvalue weighted by molar-refractivity contribution is 5.69. The number of rotatable bonds is 11. The molecule has 0 fully saturated rings. The fourth-order valence-electron chi connectivity index (χ4n) is 4.27. The van der Waals surface area contributed by atoms with E-state index in [1.807, 2.05) is 13.8 Å². The van der Waals surface area contributed by atoms with Crippen molar-refractivity contribution in [3.05, 3.63) is 131 Å². The molecule has 210 valence electrons. The monoisotopic (exact) mass is 524 g/mol. The van der Waals surface area contributed by atoms with Gasteiger partial charge in [-0.1, -0.05) is 109 Å². The second-order valence-electron chi connectivity index (χ2n) is 11.4. The van der Waals surface area contributed by atoms with Gasteiger partial charge in [0.15, 0.2) is 0 Å². The van der Waals surface area contributed by atoms with E-state index in [9.17, 15) is 0 Å². The summed E-state index contributed by atoms with van der Waals surface area (Å²) in [6, 6.07) is 14.9. The van der Waals surface area contributed by atoms with Gasteiger partial charge in [0.1, 0.15) is 0 Å². The third kappa shape index (κ3) is 11.8. The molecule has 0 bridgehead atoms. The summed E-state index contributed by atoms with van der Waals surface area (Å²) < 4.78 is 0. The molecular formula is C37H52N2. The summed E-state index contributed by atoms with van der Waals surface area (Å²) >= 11 is 0. The van der Waals surface area contributed by atoms with Crippen molar-refractivity contribution in [1.82, 2.24) is 5.32 Å². The normalized spacial score (nSPS) is 11.7. The Hall–Kier alpha value is -3.52. The van der Waals surface area contributed by atoms with Gasteiger partial charge in [-0.15, -0.1) is 0 Å². The number of allylic oxidation sites excluding steroid dienone is 4. The van der Waals surface area contributed by atoms with Crippen LogP contribution in [0.2, 0.25) is 0 Å². The van der Waals surface area contributed by atoms with Crippen LogP contribution in [0.1, 0.15) is 83.6 Å². The first-order valence-corrected chi connectivity index (χ1v) is 14.0. The maximum Gasteiger partial charge on any atom is 0.0387 e. The molecule has 39 heavy (non-hydrogen) atoms. The smallest absolute Gasteiger partial charge is 0.0387 e. The molecule has 0 unspecified atom stereocenters. The van der Waals surface area contributed by atoms with Gasteiger partial charge < -0.3 is 10.6 Å². The second kappa shape index (κ2) is 15.8. The molecule has 0 saturated carbocycles. The highest BCUT2D eigenvalue weighted by Crippen LogP contribution is 2.28. The fourth-order valence-corrected chi connectivity index (χ4v) is 4.27. The van der Waals surface area contributed by atoms with E-state index in [4.69, 9.17) is 0 Å². The quantitative estimate of drug-likeness (QED) is 0.286. The fraction of sp³-hybridized carbons (Fsp3) is 0.351. The molecule has 2 N–H and O–H groups in total. The van der Waals surface area contributed by atoms with Crippen LogP contribution in [0.5, 0.6) is 0 Å². The largest absolute Gasteiger partial charge is 0.360 e. The molecule has 0 amide bonds. The first kappa shape index (κ1) is 33.5. The molecule has 0 heterocycles. The number of anilines is 1. The molecule has 2 heteroatoms. The van der Waals surface area contributed by atoms with Crippen LogP contribution in [-0.2, 0) is 6.42 Å². The highest BCUT2D eigenvalue weighted by atomic mass is 14.9. The second-order valence-corrected chi connectivity index (χ2v) is 11.4. The molecule has 0 spiro atoms. The van der Waals surface area contributed by atoms with Gasteiger partial charge in [0.2, 0.25) is 0 Å². The van der Waals surface area contributed by atoms with Crippen LogP contribution in [0.4, 0.5) is 5.69 Å². The summed E-state index contributed by atoms with van der Waals surface area (Å²) in [7, 11) is 0. The molecule has 2 aromatic carbocycles. The van der Waals surface area contributed by atoms with Gasteiger partial charge in [0, 0.05) is 28.4 Å². The minimum absolute atomic E-state index is 0.217. The molecule has 0 radical (unpaired) electrons. The van der Waals surface area contributed by atoms with E-state index in [0.717, 1.165) is 53.2 Å². The summed E-state index contributed by atoms with van der Waals surface area (Å²) in [6.45, 7) is 35.4. The van der Waals surface area contributed by atoms with Crippen molar-refractivity contribution in [2.75, 3.05) is 5.32 Å². The molecule has 0 saturated heterocycles. The third-order valence-electron chi connectivity index (χ3n) is 6.51. The lowest BCUT2D eigenvalue weighted by Crippen LogP contribution is -2.12. The summed E-state index contributed by atoms with van der Waals surface area (Å²) in [5.41, 5.74) is 12.7. The summed E-state index contributed by atoms with van der Waals surface area (Å²) in [5.74, 6) is 0. The van der Waals surface area contributed by atoms with Crippen molar-refractivity contribution in [2.45, 2.75) is 81.6 Å². The molecule has 0 aliphatic rings. The lowest BCUT2D eigenvalue weighted by molar-refractivity contribution is 0.487. The summed E-state index contributed by atoms with van der Waals surface area (Å²) in [4.78, 5) is 0. The van der Waals surface area contributed by atoms with E-state index < -0.39 is 0 Å². The SMILES string of the molecule is C=C(C)/C(=C\c1cccc(CCC)c1C)C(=C)Nc1ccc(C)cc1.C=C(C)NC(=C)/C=C(\CC)C(C)(C)C. The zero-order valence-electron chi connectivity index (χ0n) is 26.1. The van der Waals surface area contributed by atoms with E-state index >= 15 is 0 Å². The minimum atomic E-state index is 0.217. The van der Waals surface area contributed by atoms with E-state index in [2.05, 4.69) is 140 Å². The summed E-state index contributed by atoms with van der Waals surface area (Å²) in [5, 5.41) is 6.52. The zero-order chi connectivity index (χ0) is 29.8. The van der Waals surface area contributed by atoms with Crippen LogP contribution >= 0.6 is 0 Å². The van der Waals surface area contributed by atoms with Crippen LogP contribution in [0.15, 0.2) is 109 Å². The molecule has 2 rings (SSSR count). The van der Waals surface area contributed by atoms with E-state index in [0.29, 0.717) is 0 Å². The van der Waals surface area contributed by atoms with Gasteiger partial charge in [-0.2, -0.15) is 0 Å². The van der Waals surface area contributed by atoms with Crippen molar-refractivity contribution >= 4 is 11.8 Å². The van der Waals surface area contributed by atoms with Crippen molar-refractivity contribution < 1.29 is 0 Å². The zero-order valence-corrected chi connectivity index (χ0v) is 26.1. The average Bonchev–Trinajstić information content (AvgIpc) is 2.83. The Morgan fingerprint density at radius 1 is 0.897 bits per heavy atom. The number of hydrogen-bond acceptors (Lipinski definition) is 2. The molecule has 0 aromatic heterocycles. The lowest BCUT2D eigenvalue weighted by Gasteiger charge is -2.22. The topological polar surface area (TPSA) is 24.1 Å². The standard InChI is InChI=1S/C24H29N.C13H23N/c1-7-9-21-10-8-11-22(19(21)5)16-24(17(2)3)20(6)25-23-14-12-18(4)13-15-23;1-8-12(13(5,6)7)9-11(4)14-10(2)3/h8,10-16,25H,2,6-7,9H2,1,3-5H3;9,14H,2,4,8H2,1,3,5-7H3/b24-16+;12-9+. The van der Waals surface area contributed by atoms with Gasteiger partial charge in [0.25, 0.3) is 0 Å². The van der Waals surface area contributed by atoms with Gasteiger partial charge in [-0.25, -0.2) is 0 Å². The number of aryl methyl sites for hydroxylation is 2. The van der Waals surface area contributed by atoms with Crippen molar-refractivity contribution in [3.8, 4) is 0 Å². The number of hydrogen-bond donors (Lipinski definition) is 2. The predicted molar refractivity (Wildman–Crippen MR) is 177 cm³/mol. The van der Waals surface area contributed by atoms with E-state index in [1.165, 1.54) is 27.8 Å². The number of benzene rings is 2. The Balaban J connectivity index is 0.000000464. The Kier molecular flexibility index (Phi) is 13.6. The molecule has 0 aliphatic heterocycles. The van der Waals surface area contributed by atoms with Gasteiger partial charge in [-0.05, 0) is 92.5 Å². The first-order chi connectivity index (χ1) is 18.2.